The molecule has 21 nitrogen and oxygen atoms in total. The van der Waals surface area contributed by atoms with Crippen molar-refractivity contribution in [2.45, 2.75) is 192 Å². The summed E-state index contributed by atoms with van der Waals surface area (Å²) in [5.41, 5.74) is 31.6. The topological polar surface area (TPSA) is 320 Å². The van der Waals surface area contributed by atoms with Crippen LogP contribution in [-0.2, 0) is 19.2 Å². The van der Waals surface area contributed by atoms with Crippen molar-refractivity contribution in [3.05, 3.63) is 257 Å². The van der Waals surface area contributed by atoms with Gasteiger partial charge in [0.2, 0.25) is 0 Å². The highest BCUT2D eigenvalue weighted by atomic mass is 32.2. The number of thiol groups is 1. The monoisotopic (exact) mass is 2000 g/mol. The van der Waals surface area contributed by atoms with E-state index in [2.05, 4.69) is 230 Å². The Kier molecular flexibility index (Phi) is 38.0. The number of anilines is 3. The van der Waals surface area contributed by atoms with Gasteiger partial charge in [-0.2, -0.15) is 12.6 Å². The first-order chi connectivity index (χ1) is 66.2. The molecule has 1 aliphatic rings. The maximum Gasteiger partial charge on any atom is 0.263 e. The van der Waals surface area contributed by atoms with Crippen molar-refractivity contribution < 1.29 is 29.1 Å². The van der Waals surface area contributed by atoms with Crippen LogP contribution in [0.15, 0.2) is 187 Å². The molecule has 0 aliphatic carbocycles. The van der Waals surface area contributed by atoms with E-state index in [1.54, 1.807) is 11.3 Å². The number of pyridine rings is 7. The van der Waals surface area contributed by atoms with Crippen molar-refractivity contribution in [3.8, 4) is 5.75 Å². The van der Waals surface area contributed by atoms with E-state index in [1.807, 2.05) is 197 Å². The summed E-state index contributed by atoms with van der Waals surface area (Å²) in [6.07, 6.45) is 0. The summed E-state index contributed by atoms with van der Waals surface area (Å²) in [7, 11) is 3.89. The van der Waals surface area contributed by atoms with Gasteiger partial charge in [0.15, 0.2) is 11.6 Å². The molecule has 0 bridgehead atoms. The lowest BCUT2D eigenvalue weighted by atomic mass is 10.1. The molecule has 730 valence electrons. The van der Waals surface area contributed by atoms with E-state index in [1.165, 1.54) is 140 Å². The Morgan fingerprint density at radius 3 is 1.21 bits per heavy atom. The molecule has 0 saturated heterocycles. The van der Waals surface area contributed by atoms with Crippen LogP contribution in [0, 0.1) is 90.0 Å². The fourth-order valence-corrected chi connectivity index (χ4v) is 21.9. The van der Waals surface area contributed by atoms with Gasteiger partial charge < -0.3 is 48.5 Å². The van der Waals surface area contributed by atoms with E-state index >= 15 is 0 Å². The fourth-order valence-electron chi connectivity index (χ4n) is 15.7. The molecule has 11 N–H and O–H groups in total. The van der Waals surface area contributed by atoms with Crippen LogP contribution in [0.5, 0.6) is 5.75 Å². The average Bonchev–Trinajstić information content (AvgIpc) is 1.57. The lowest BCUT2D eigenvalue weighted by Gasteiger charge is -2.13. The van der Waals surface area contributed by atoms with Crippen molar-refractivity contribution in [2.24, 2.45) is 11.5 Å². The second-order valence-corrected chi connectivity index (χ2v) is 43.1. The van der Waals surface area contributed by atoms with Crippen LogP contribution >= 0.6 is 81.1 Å². The van der Waals surface area contributed by atoms with Crippen LogP contribution in [0.1, 0.15) is 143 Å². The van der Waals surface area contributed by atoms with Gasteiger partial charge in [0.25, 0.3) is 5.91 Å². The van der Waals surface area contributed by atoms with Crippen molar-refractivity contribution in [2.75, 3.05) is 56.2 Å². The largest absolute Gasteiger partial charge is 0.506 e. The summed E-state index contributed by atoms with van der Waals surface area (Å²) < 4.78 is 6.23. The normalized spacial score (nSPS) is 12.7. The molecular weight excluding hydrogens is 1880 g/mol. The first kappa shape index (κ1) is 109. The van der Waals surface area contributed by atoms with Crippen molar-refractivity contribution in [1.82, 2.24) is 50.8 Å². The zero-order valence-electron chi connectivity index (χ0n) is 83.3. The van der Waals surface area contributed by atoms with Crippen molar-refractivity contribution in [1.29, 1.82) is 0 Å². The van der Waals surface area contributed by atoms with E-state index < -0.39 is 10.5 Å². The van der Waals surface area contributed by atoms with E-state index in [0.29, 0.717) is 17.8 Å². The third-order valence-corrected chi connectivity index (χ3v) is 31.2. The first-order valence-corrected chi connectivity index (χ1v) is 51.8. The van der Waals surface area contributed by atoms with Gasteiger partial charge in [0, 0.05) is 203 Å². The van der Waals surface area contributed by atoms with Crippen molar-refractivity contribution in [3.63, 3.8) is 0 Å². The summed E-state index contributed by atoms with van der Waals surface area (Å²) in [6, 6.07) is 63.3. The number of ketones is 4. The number of aromatic nitrogens is 7. The van der Waals surface area contributed by atoms with Gasteiger partial charge >= 0.3 is 0 Å². The Bertz CT molecular complexity index is 7560. The smallest absolute Gasteiger partial charge is 0.263 e. The molecule has 0 spiro atoms. The highest BCUT2D eigenvalue weighted by molar-refractivity contribution is 8.01. The molecular formula is C112H129N15O6S7. The predicted octanol–water partition coefficient (Wildman–Crippen LogP) is 26.0. The maximum atomic E-state index is 12.3. The molecule has 4 unspecified atom stereocenters. The van der Waals surface area contributed by atoms with Gasteiger partial charge in [-0.05, 0) is 299 Å². The average molecular weight is 2010 g/mol. The minimum Gasteiger partial charge on any atom is -0.506 e. The molecule has 28 heteroatoms. The highest BCUT2D eigenvalue weighted by Crippen LogP contribution is 2.45. The number of hydrogen-bond acceptors (Lipinski definition) is 27. The summed E-state index contributed by atoms with van der Waals surface area (Å²) in [5, 5.41) is 42.7. The van der Waals surface area contributed by atoms with Gasteiger partial charge in [-0.15, -0.1) is 68.4 Å². The third-order valence-electron chi connectivity index (χ3n) is 23.5. The van der Waals surface area contributed by atoms with Gasteiger partial charge in [0.1, 0.15) is 32.7 Å². The Labute approximate surface area is 850 Å². The molecule has 140 heavy (non-hydrogen) atoms. The lowest BCUT2D eigenvalue weighted by Crippen LogP contribution is -2.34. The second-order valence-electron chi connectivity index (χ2n) is 35.4. The number of carbonyl (C=O) groups excluding carboxylic acids is 5. The molecule has 0 saturated carbocycles. The number of likely N-dealkylation sites (N-methyl/N-ethyl adjacent to an activating group) is 2. The Morgan fingerprint density at radius 1 is 0.443 bits per heavy atom. The second kappa shape index (κ2) is 49.0. The number of carbonyl (C=O) groups is 5. The summed E-state index contributed by atoms with van der Waals surface area (Å²) in [5.74, 6) is -0.200. The molecule has 0 radical (unpaired) electrons. The Morgan fingerprint density at radius 2 is 0.800 bits per heavy atom. The number of Topliss-reactive ketones (excluding diaryl/α,β-unsaturated/α-hetero) is 4. The number of amides is 1. The minimum atomic E-state index is -0.713. The quantitative estimate of drug-likeness (QED) is 0.0259. The number of fused-ring (bicyclic) bond motifs is 19. The number of nitrogens with zero attached hydrogens (tertiary/aromatic N) is 7. The molecule has 1 amide bonds. The number of nitrogens with one attached hydrogen (secondary N) is 6. The summed E-state index contributed by atoms with van der Waals surface area (Å²) in [4.78, 5) is 94.2. The van der Waals surface area contributed by atoms with Crippen LogP contribution in [0.2, 0.25) is 0 Å². The predicted molar refractivity (Wildman–Crippen MR) is 606 cm³/mol. The number of benzene rings is 7. The number of thiophene rings is 5. The van der Waals surface area contributed by atoms with Gasteiger partial charge in [-0.1, -0.05) is 61.5 Å². The van der Waals surface area contributed by atoms with Gasteiger partial charge in [0.05, 0.1) is 55.7 Å². The highest BCUT2D eigenvalue weighted by Gasteiger charge is 2.27. The van der Waals surface area contributed by atoms with E-state index in [4.69, 9.17) is 11.5 Å². The summed E-state index contributed by atoms with van der Waals surface area (Å²) in [6.45, 7) is 43.8. The Balaban J connectivity index is 0.000000153. The third kappa shape index (κ3) is 26.9. The van der Waals surface area contributed by atoms with Crippen LogP contribution < -0.4 is 43.4 Å². The van der Waals surface area contributed by atoms with E-state index in [9.17, 15) is 29.1 Å². The van der Waals surface area contributed by atoms with Crippen LogP contribution in [0.4, 0.5) is 17.1 Å². The molecule has 13 heterocycles. The number of nitrogens with two attached hydrogens (primary N) is 2. The molecule has 7 aromatic carbocycles. The van der Waals surface area contributed by atoms with Crippen molar-refractivity contribution >= 4 is 254 Å². The SMILES string of the molecule is C.CC(=O)C(S)C(C)=O.CC(=O)C(Sc1ccc2nc(C)ccc2c1)C(C)=O.CNC(C)CN.CNC(C)CNc1c(C)sc2ccc3nc(C)ccc3c12.Cc1ccc2c(ccc3sc(C)c(C)c32)n1.Cc1ccc2c(ccc3sc(C)c(NCC(C)N)c32)n1.Cc1ccc2c(ccc3sc(C)c(O)c32)n1.Cc1ccc2c(ccc3sc4c(c32)NCC(C)NC4=O)n1.Cc1ccc2nc(C)ccc2c1. The summed E-state index contributed by atoms with van der Waals surface area (Å²) >= 11 is 13.7. The molecule has 19 aromatic rings. The van der Waals surface area contributed by atoms with Crippen LogP contribution in [0.25, 0.3) is 127 Å². The molecule has 1 aliphatic heterocycles. The first-order valence-electron chi connectivity index (χ1n) is 46.3. The van der Waals surface area contributed by atoms with Crippen LogP contribution in [-0.4, -0.2) is 144 Å². The van der Waals surface area contributed by atoms with Gasteiger partial charge in [-0.25, -0.2) is 0 Å². The molecule has 0 fully saturated rings. The lowest BCUT2D eigenvalue weighted by molar-refractivity contribution is -0.125. The number of thioether (sulfide) groups is 1. The standard InChI is InChI=1S/C17H21N3S.C16H15N3OS.C16H19N3S.C15H15NO2S.C14H13NS.C13H11NOS.C11H11N.C5H8O2S.C4H12N2.CH4/c1-10-5-6-13-14(20-10)7-8-15-16(13)17(12(3)21-15)19-9-11(2)18-4;1-8-3-4-10-11(18-8)5-6-12-13(10)14-15(21-12)16(20)19-9(2)7-17-14;1-9(17)8-18-16-11(3)20-14-7-6-13-12(15(14)16)5-4-10(2)19-13;1-9-4-5-12-8-13(6-7-14(12)16-9)19-15(10(2)17)11(3)18;1-8-4-5-11-12(15-8)6-7-13-14(11)9(2)10(3)16-13;1-7-3-4-9-10(14-7)5-6-11-12(9)13(15)8(2)16-11;1-8-3-6-11-10(7-8)5-4-9(2)12-11;1-3(6)5(8)4(2)7;1-4(3-5)6-2;/h5-8,11,18-19H,9H2,1-4H3;3-6,9,17H,7H2,1-2H3,(H,19,20);4-7,9,18H,8,17H2,1-3H3;4-8,15H,1-3H3;4-7H,1-3H3;3-6,15H,1-2H3;3-7H,1-2H3;5,8H,1-2H3;4,6H,3,5H2,1-2H3;1H4. The van der Waals surface area contributed by atoms with Crippen LogP contribution in [0.3, 0.4) is 0 Å². The van der Waals surface area contributed by atoms with E-state index in [-0.39, 0.29) is 48.6 Å². The van der Waals surface area contributed by atoms with E-state index in [0.717, 1.165) is 161 Å². The maximum absolute atomic E-state index is 12.3. The number of aromatic hydroxyl groups is 1. The molecule has 20 rings (SSSR count). The molecule has 12 aromatic heterocycles. The number of aryl methyl sites for hydroxylation is 13. The Hall–Kier alpha value is -11.9. The number of rotatable bonds is 15. The fraction of sp³-hybridized carbons (Fsp3) is 0.304. The number of hydrogen-bond donors (Lipinski definition) is 10. The zero-order chi connectivity index (χ0) is 101. The minimum absolute atomic E-state index is 0. The van der Waals surface area contributed by atoms with Gasteiger partial charge in [-0.3, -0.25) is 58.9 Å². The zero-order valence-corrected chi connectivity index (χ0v) is 89.1. The molecule has 4 atom stereocenters.